The van der Waals surface area contributed by atoms with Crippen LogP contribution in [0.2, 0.25) is 0 Å². The summed E-state index contributed by atoms with van der Waals surface area (Å²) in [5.41, 5.74) is 0.205. The highest BCUT2D eigenvalue weighted by Gasteiger charge is 2.31. The van der Waals surface area contributed by atoms with E-state index in [-0.39, 0.29) is 17.2 Å². The molecule has 1 saturated heterocycles. The molecule has 136 valence electrons. The lowest BCUT2D eigenvalue weighted by molar-refractivity contribution is 0.309. The Kier molecular flexibility index (Phi) is 5.35. The summed E-state index contributed by atoms with van der Waals surface area (Å²) in [6.07, 6.45) is 1.35. The van der Waals surface area contributed by atoms with Crippen LogP contribution in [-0.4, -0.2) is 40.6 Å². The number of nitrogens with one attached hydrogen (secondary N) is 1. The van der Waals surface area contributed by atoms with Gasteiger partial charge < -0.3 is 4.57 Å². The van der Waals surface area contributed by atoms with Gasteiger partial charge in [0.05, 0.1) is 5.75 Å². The molecule has 1 aliphatic rings. The van der Waals surface area contributed by atoms with Crippen molar-refractivity contribution < 1.29 is 12.8 Å². The minimum atomic E-state index is -3.54. The zero-order chi connectivity index (χ0) is 18.0. The van der Waals surface area contributed by atoms with Crippen LogP contribution >= 0.6 is 12.2 Å². The van der Waals surface area contributed by atoms with Crippen molar-refractivity contribution >= 4 is 22.2 Å². The number of benzene rings is 1. The Balaban J connectivity index is 1.69. The number of rotatable bonds is 5. The van der Waals surface area contributed by atoms with Crippen LogP contribution in [0.15, 0.2) is 24.3 Å². The predicted octanol–water partition coefficient (Wildman–Crippen LogP) is 2.81. The largest absolute Gasteiger partial charge is 0.304 e. The maximum Gasteiger partial charge on any atom is 0.218 e. The summed E-state index contributed by atoms with van der Waals surface area (Å²) < 4.78 is 42.9. The zero-order valence-corrected chi connectivity index (χ0v) is 15.6. The molecular formula is C16H21FN4O2S2. The van der Waals surface area contributed by atoms with Crippen LogP contribution in [0.1, 0.15) is 37.1 Å². The van der Waals surface area contributed by atoms with E-state index in [1.807, 2.05) is 11.5 Å². The first-order valence-electron chi connectivity index (χ1n) is 8.28. The van der Waals surface area contributed by atoms with Crippen molar-refractivity contribution in [2.24, 2.45) is 0 Å². The minimum absolute atomic E-state index is 0.174. The summed E-state index contributed by atoms with van der Waals surface area (Å²) in [7, 11) is -3.54. The molecule has 6 nitrogen and oxygen atoms in total. The minimum Gasteiger partial charge on any atom is -0.304 e. The molecule has 3 rings (SSSR count). The molecule has 0 aliphatic carbocycles. The van der Waals surface area contributed by atoms with Crippen LogP contribution < -0.4 is 0 Å². The number of sulfonamides is 1. The van der Waals surface area contributed by atoms with Gasteiger partial charge in [0.2, 0.25) is 10.0 Å². The Hall–Kier alpha value is -1.58. The van der Waals surface area contributed by atoms with E-state index in [1.165, 1.54) is 16.4 Å². The van der Waals surface area contributed by atoms with Crippen LogP contribution in [-0.2, 0) is 22.3 Å². The first kappa shape index (κ1) is 18.2. The van der Waals surface area contributed by atoms with Gasteiger partial charge in [0.25, 0.3) is 0 Å². The summed E-state index contributed by atoms with van der Waals surface area (Å²) in [4.78, 5) is 0. The Labute approximate surface area is 151 Å². The Bertz CT molecular complexity index is 899. The van der Waals surface area contributed by atoms with Gasteiger partial charge >= 0.3 is 0 Å². The van der Waals surface area contributed by atoms with E-state index in [1.54, 1.807) is 12.1 Å². The average molecular weight is 385 g/mol. The van der Waals surface area contributed by atoms with Crippen LogP contribution in [0, 0.1) is 10.6 Å². The predicted molar refractivity (Wildman–Crippen MR) is 95.7 cm³/mol. The number of nitrogens with zero attached hydrogens (tertiary/aromatic N) is 3. The van der Waals surface area contributed by atoms with E-state index in [0.717, 1.165) is 12.4 Å². The van der Waals surface area contributed by atoms with Gasteiger partial charge in [-0.05, 0) is 38.0 Å². The molecule has 1 fully saturated rings. The van der Waals surface area contributed by atoms with Gasteiger partial charge in [-0.2, -0.15) is 5.10 Å². The van der Waals surface area contributed by atoms with Crippen molar-refractivity contribution in [2.75, 3.05) is 13.1 Å². The Morgan fingerprint density at radius 3 is 2.64 bits per heavy atom. The van der Waals surface area contributed by atoms with E-state index in [4.69, 9.17) is 12.2 Å². The normalized spacial score (nSPS) is 17.0. The second-order valence-electron chi connectivity index (χ2n) is 6.15. The van der Waals surface area contributed by atoms with Gasteiger partial charge in [-0.25, -0.2) is 17.1 Å². The summed E-state index contributed by atoms with van der Waals surface area (Å²) in [5, 5.41) is 7.11. The van der Waals surface area contributed by atoms with Crippen molar-refractivity contribution in [3.63, 3.8) is 0 Å². The molecule has 0 amide bonds. The van der Waals surface area contributed by atoms with Gasteiger partial charge in [0.1, 0.15) is 11.6 Å². The molecule has 2 heterocycles. The SMILES string of the molecule is CCn1c(C2CCN(S(=O)(=O)Cc3ccccc3F)CC2)n[nH]c1=S. The fraction of sp³-hybridized carbons (Fsp3) is 0.500. The van der Waals surface area contributed by atoms with E-state index < -0.39 is 15.8 Å². The van der Waals surface area contributed by atoms with Gasteiger partial charge in [-0.15, -0.1) is 0 Å². The maximum absolute atomic E-state index is 13.7. The van der Waals surface area contributed by atoms with Gasteiger partial charge in [0.15, 0.2) is 4.77 Å². The highest BCUT2D eigenvalue weighted by atomic mass is 32.2. The highest BCUT2D eigenvalue weighted by molar-refractivity contribution is 7.88. The first-order chi connectivity index (χ1) is 11.9. The molecule has 1 aromatic heterocycles. The lowest BCUT2D eigenvalue weighted by atomic mass is 9.97. The number of halogens is 1. The summed E-state index contributed by atoms with van der Waals surface area (Å²) >= 11 is 5.21. The molecule has 0 spiro atoms. The van der Waals surface area contributed by atoms with Crippen LogP contribution in [0.25, 0.3) is 0 Å². The number of hydrogen-bond acceptors (Lipinski definition) is 4. The van der Waals surface area contributed by atoms with Crippen molar-refractivity contribution in [3.05, 3.63) is 46.2 Å². The fourth-order valence-corrected chi connectivity index (χ4v) is 5.09. The van der Waals surface area contributed by atoms with Gasteiger partial charge in [-0.1, -0.05) is 18.2 Å². The van der Waals surface area contributed by atoms with Crippen LogP contribution in [0.4, 0.5) is 4.39 Å². The van der Waals surface area contributed by atoms with Crippen LogP contribution in [0.3, 0.4) is 0 Å². The molecule has 0 unspecified atom stereocenters. The number of hydrogen-bond donors (Lipinski definition) is 1. The molecule has 1 N–H and O–H groups in total. The smallest absolute Gasteiger partial charge is 0.218 e. The molecule has 0 atom stereocenters. The van der Waals surface area contributed by atoms with Gasteiger partial charge in [0, 0.05) is 31.1 Å². The number of aromatic nitrogens is 3. The molecule has 1 aromatic carbocycles. The number of aromatic amines is 1. The van der Waals surface area contributed by atoms with Crippen LogP contribution in [0.5, 0.6) is 0 Å². The lowest BCUT2D eigenvalue weighted by Gasteiger charge is -2.30. The van der Waals surface area contributed by atoms with E-state index in [9.17, 15) is 12.8 Å². The lowest BCUT2D eigenvalue weighted by Crippen LogP contribution is -2.39. The molecule has 9 heteroatoms. The molecule has 0 radical (unpaired) electrons. The molecule has 2 aromatic rings. The molecule has 25 heavy (non-hydrogen) atoms. The molecular weight excluding hydrogens is 363 g/mol. The van der Waals surface area contributed by atoms with Crippen molar-refractivity contribution in [3.8, 4) is 0 Å². The summed E-state index contributed by atoms with van der Waals surface area (Å²) in [6.45, 7) is 3.55. The topological polar surface area (TPSA) is 71.0 Å². The second-order valence-corrected chi connectivity index (χ2v) is 8.51. The highest BCUT2D eigenvalue weighted by Crippen LogP contribution is 2.29. The van der Waals surface area contributed by atoms with Crippen molar-refractivity contribution in [1.29, 1.82) is 0 Å². The Morgan fingerprint density at radius 2 is 2.00 bits per heavy atom. The van der Waals surface area contributed by atoms with E-state index in [2.05, 4.69) is 10.2 Å². The number of H-pyrrole nitrogens is 1. The standard InChI is InChI=1S/C16H21FN4O2S2/c1-2-21-15(18-19-16(21)24)12-7-9-20(10-8-12)25(22,23)11-13-5-3-4-6-14(13)17/h3-6,12H,2,7-11H2,1H3,(H,19,24). The summed E-state index contributed by atoms with van der Waals surface area (Å²) in [6, 6.07) is 5.99. The summed E-state index contributed by atoms with van der Waals surface area (Å²) in [5.74, 6) is 0.267. The average Bonchev–Trinajstić information content (AvgIpc) is 2.97. The first-order valence-corrected chi connectivity index (χ1v) is 10.3. The van der Waals surface area contributed by atoms with E-state index >= 15 is 0 Å². The molecule has 1 aliphatic heterocycles. The number of piperidine rings is 1. The van der Waals surface area contributed by atoms with Gasteiger partial charge in [-0.3, -0.25) is 5.10 Å². The fourth-order valence-electron chi connectivity index (χ4n) is 3.24. The monoisotopic (exact) mass is 384 g/mol. The third-order valence-corrected chi connectivity index (χ3v) is 6.75. The third kappa shape index (κ3) is 3.83. The Morgan fingerprint density at radius 1 is 1.32 bits per heavy atom. The molecule has 0 bridgehead atoms. The quantitative estimate of drug-likeness (QED) is 0.805. The second kappa shape index (κ2) is 7.35. The third-order valence-electron chi connectivity index (χ3n) is 4.61. The molecule has 0 saturated carbocycles. The maximum atomic E-state index is 13.7. The van der Waals surface area contributed by atoms with Crippen molar-refractivity contribution in [1.82, 2.24) is 19.1 Å². The van der Waals surface area contributed by atoms with E-state index in [0.29, 0.717) is 30.7 Å². The zero-order valence-electron chi connectivity index (χ0n) is 14.0. The van der Waals surface area contributed by atoms with Crippen molar-refractivity contribution in [2.45, 2.75) is 38.0 Å².